The molecule has 29 heavy (non-hydrogen) atoms. The number of nitrogens with one attached hydrogen (secondary N) is 1. The van der Waals surface area contributed by atoms with Crippen molar-refractivity contribution >= 4 is 17.7 Å². The minimum absolute atomic E-state index is 0.128. The molecule has 0 bridgehead atoms. The van der Waals surface area contributed by atoms with Crippen LogP contribution in [0.5, 0.6) is 0 Å². The first-order chi connectivity index (χ1) is 13.8. The average Bonchev–Trinajstić information content (AvgIpc) is 2.73. The summed E-state index contributed by atoms with van der Waals surface area (Å²) in [7, 11) is 1.30. The molecule has 0 aromatic carbocycles. The van der Waals surface area contributed by atoms with Gasteiger partial charge in [0.2, 0.25) is 5.91 Å². The Bertz CT molecular complexity index is 748. The van der Waals surface area contributed by atoms with Gasteiger partial charge in [-0.3, -0.25) is 4.79 Å². The van der Waals surface area contributed by atoms with Gasteiger partial charge in [-0.25, -0.2) is 9.78 Å². The Labute approximate surface area is 167 Å². The van der Waals surface area contributed by atoms with Crippen LogP contribution in [-0.2, 0) is 20.5 Å². The van der Waals surface area contributed by atoms with E-state index >= 15 is 0 Å². The van der Waals surface area contributed by atoms with Crippen LogP contribution in [0.15, 0.2) is 18.3 Å². The van der Waals surface area contributed by atoms with Gasteiger partial charge in [0.25, 0.3) is 0 Å². The minimum Gasteiger partial charge on any atom is -0.467 e. The molecule has 2 heterocycles. The number of rotatable bonds is 4. The number of halogens is 3. The number of carbonyl (C=O) groups excluding carboxylic acids is 2. The summed E-state index contributed by atoms with van der Waals surface area (Å²) in [5, 5.41) is 2.89. The minimum atomic E-state index is -4.52. The highest BCUT2D eigenvalue weighted by Crippen LogP contribution is 2.37. The van der Waals surface area contributed by atoms with Crippen LogP contribution >= 0.6 is 0 Å². The smallest absolute Gasteiger partial charge is 0.419 e. The SMILES string of the molecule is COC(=O)C1(NC(=O)[C@H]2CCCN(c3ncccc3C(F)(F)F)C2)CCCCC1. The maximum atomic E-state index is 13.3. The van der Waals surface area contributed by atoms with Gasteiger partial charge < -0.3 is 15.0 Å². The number of ether oxygens (including phenoxy) is 1. The number of esters is 1. The molecular formula is C20H26F3N3O3. The molecule has 1 saturated heterocycles. The monoisotopic (exact) mass is 413 g/mol. The molecule has 2 aliphatic rings. The second kappa shape index (κ2) is 8.59. The van der Waals surface area contributed by atoms with Crippen LogP contribution in [0.4, 0.5) is 19.0 Å². The number of methoxy groups -OCH3 is 1. The fourth-order valence-corrected chi connectivity index (χ4v) is 4.32. The average molecular weight is 413 g/mol. The molecule has 0 spiro atoms. The van der Waals surface area contributed by atoms with Crippen molar-refractivity contribution in [3.8, 4) is 0 Å². The Balaban J connectivity index is 1.76. The third kappa shape index (κ3) is 4.64. The standard InChI is InChI=1S/C20H26F3N3O3/c1-29-18(28)19(9-3-2-4-10-19)25-17(27)14-7-6-12-26(13-14)16-15(20(21,22)23)8-5-11-24-16/h5,8,11,14H,2-4,6-7,9-10,12-13H2,1H3,(H,25,27)/t14-/m0/s1. The van der Waals surface area contributed by atoms with Crippen LogP contribution < -0.4 is 10.2 Å². The molecule has 1 saturated carbocycles. The van der Waals surface area contributed by atoms with E-state index in [1.807, 2.05) is 0 Å². The molecule has 3 rings (SSSR count). The van der Waals surface area contributed by atoms with Crippen molar-refractivity contribution in [1.29, 1.82) is 0 Å². The van der Waals surface area contributed by atoms with Crippen LogP contribution in [0.25, 0.3) is 0 Å². The number of carbonyl (C=O) groups is 2. The Morgan fingerprint density at radius 2 is 1.97 bits per heavy atom. The van der Waals surface area contributed by atoms with Crippen LogP contribution in [0.2, 0.25) is 0 Å². The highest BCUT2D eigenvalue weighted by Gasteiger charge is 2.44. The highest BCUT2D eigenvalue weighted by molar-refractivity contribution is 5.89. The predicted molar refractivity (Wildman–Crippen MR) is 100 cm³/mol. The molecule has 1 aromatic heterocycles. The maximum Gasteiger partial charge on any atom is 0.419 e. The van der Waals surface area contributed by atoms with Crippen molar-refractivity contribution in [2.75, 3.05) is 25.1 Å². The molecule has 9 heteroatoms. The summed E-state index contributed by atoms with van der Waals surface area (Å²) in [4.78, 5) is 30.8. The van der Waals surface area contributed by atoms with Crippen LogP contribution in [-0.4, -0.2) is 42.6 Å². The first-order valence-corrected chi connectivity index (χ1v) is 9.94. The lowest BCUT2D eigenvalue weighted by Crippen LogP contribution is -2.58. The van der Waals surface area contributed by atoms with Gasteiger partial charge in [0.15, 0.2) is 0 Å². The van der Waals surface area contributed by atoms with Crippen molar-refractivity contribution in [3.05, 3.63) is 23.9 Å². The van der Waals surface area contributed by atoms with Gasteiger partial charge in [0.05, 0.1) is 18.6 Å². The Morgan fingerprint density at radius 3 is 2.62 bits per heavy atom. The third-order valence-electron chi connectivity index (χ3n) is 5.83. The van der Waals surface area contributed by atoms with Gasteiger partial charge in [-0.05, 0) is 37.8 Å². The predicted octanol–water partition coefficient (Wildman–Crippen LogP) is 3.31. The number of hydrogen-bond donors (Lipinski definition) is 1. The normalized spacial score (nSPS) is 22.1. The van der Waals surface area contributed by atoms with Crippen molar-refractivity contribution < 1.29 is 27.5 Å². The number of piperidine rings is 1. The number of anilines is 1. The van der Waals surface area contributed by atoms with E-state index in [-0.39, 0.29) is 18.3 Å². The van der Waals surface area contributed by atoms with E-state index in [0.717, 1.165) is 25.3 Å². The number of aromatic nitrogens is 1. The highest BCUT2D eigenvalue weighted by atomic mass is 19.4. The summed E-state index contributed by atoms with van der Waals surface area (Å²) in [5.74, 6) is -1.44. The van der Waals surface area contributed by atoms with E-state index in [4.69, 9.17) is 4.74 Å². The third-order valence-corrected chi connectivity index (χ3v) is 5.83. The fraction of sp³-hybridized carbons (Fsp3) is 0.650. The van der Waals surface area contributed by atoms with E-state index in [0.29, 0.717) is 32.2 Å². The fourth-order valence-electron chi connectivity index (χ4n) is 4.32. The molecule has 1 aliphatic heterocycles. The molecule has 1 N–H and O–H groups in total. The van der Waals surface area contributed by atoms with E-state index < -0.39 is 29.2 Å². The zero-order valence-electron chi connectivity index (χ0n) is 16.4. The maximum absolute atomic E-state index is 13.3. The Morgan fingerprint density at radius 1 is 1.24 bits per heavy atom. The van der Waals surface area contributed by atoms with Gasteiger partial charge >= 0.3 is 12.1 Å². The topological polar surface area (TPSA) is 71.5 Å². The molecule has 160 valence electrons. The quantitative estimate of drug-likeness (QED) is 0.767. The molecule has 2 fully saturated rings. The van der Waals surface area contributed by atoms with Gasteiger partial charge in [0, 0.05) is 19.3 Å². The van der Waals surface area contributed by atoms with Crippen molar-refractivity contribution in [2.24, 2.45) is 5.92 Å². The van der Waals surface area contributed by atoms with Gasteiger partial charge in [-0.15, -0.1) is 0 Å². The second-order valence-electron chi connectivity index (χ2n) is 7.78. The summed E-state index contributed by atoms with van der Waals surface area (Å²) in [5.41, 5.74) is -1.84. The first-order valence-electron chi connectivity index (χ1n) is 9.94. The zero-order chi connectivity index (χ0) is 21.1. The van der Waals surface area contributed by atoms with Gasteiger partial charge in [0.1, 0.15) is 11.4 Å². The molecule has 1 aromatic rings. The molecule has 0 unspecified atom stereocenters. The van der Waals surface area contributed by atoms with E-state index in [1.165, 1.54) is 24.3 Å². The van der Waals surface area contributed by atoms with E-state index in [2.05, 4.69) is 10.3 Å². The van der Waals surface area contributed by atoms with Gasteiger partial charge in [-0.1, -0.05) is 19.3 Å². The Kier molecular flexibility index (Phi) is 6.33. The Hall–Kier alpha value is -2.32. The van der Waals surface area contributed by atoms with Gasteiger partial charge in [-0.2, -0.15) is 13.2 Å². The largest absolute Gasteiger partial charge is 0.467 e. The summed E-state index contributed by atoms with van der Waals surface area (Å²) < 4.78 is 45.0. The van der Waals surface area contributed by atoms with E-state index in [9.17, 15) is 22.8 Å². The van der Waals surface area contributed by atoms with Crippen LogP contribution in [0.3, 0.4) is 0 Å². The number of hydrogen-bond acceptors (Lipinski definition) is 5. The van der Waals surface area contributed by atoms with E-state index in [1.54, 1.807) is 0 Å². The van der Waals surface area contributed by atoms with Crippen LogP contribution in [0.1, 0.15) is 50.5 Å². The summed E-state index contributed by atoms with van der Waals surface area (Å²) in [6.07, 6.45) is 1.57. The number of pyridine rings is 1. The van der Waals surface area contributed by atoms with Crippen molar-refractivity contribution in [2.45, 2.75) is 56.7 Å². The zero-order valence-corrected chi connectivity index (χ0v) is 16.4. The second-order valence-corrected chi connectivity index (χ2v) is 7.78. The molecular weight excluding hydrogens is 387 g/mol. The van der Waals surface area contributed by atoms with Crippen molar-refractivity contribution in [1.82, 2.24) is 10.3 Å². The lowest BCUT2D eigenvalue weighted by molar-refractivity contribution is -0.153. The number of alkyl halides is 3. The molecule has 1 amide bonds. The molecule has 6 nitrogen and oxygen atoms in total. The number of nitrogens with zero attached hydrogens (tertiary/aromatic N) is 2. The summed E-state index contributed by atoms with van der Waals surface area (Å²) >= 11 is 0. The lowest BCUT2D eigenvalue weighted by atomic mass is 9.81. The lowest BCUT2D eigenvalue weighted by Gasteiger charge is -2.38. The molecule has 0 radical (unpaired) electrons. The number of amides is 1. The summed E-state index contributed by atoms with van der Waals surface area (Å²) in [6, 6.07) is 2.25. The van der Waals surface area contributed by atoms with Crippen molar-refractivity contribution in [3.63, 3.8) is 0 Å². The summed E-state index contributed by atoms with van der Waals surface area (Å²) in [6.45, 7) is 0.523. The molecule has 1 atom stereocenters. The molecule has 1 aliphatic carbocycles. The van der Waals surface area contributed by atoms with Crippen LogP contribution in [0, 0.1) is 5.92 Å². The first kappa shape index (κ1) is 21.4.